The molecule has 16 heavy (non-hydrogen) atoms. The van der Waals surface area contributed by atoms with Gasteiger partial charge in [-0.05, 0) is 47.5 Å². The first-order valence-corrected chi connectivity index (χ1v) is 5.91. The molecule has 1 aromatic carbocycles. The Labute approximate surface area is 105 Å². The van der Waals surface area contributed by atoms with Crippen molar-refractivity contribution >= 4 is 15.9 Å². The molecule has 0 heterocycles. The van der Waals surface area contributed by atoms with Gasteiger partial charge in [-0.15, -0.1) is 0 Å². The zero-order chi connectivity index (χ0) is 12.2. The minimum absolute atomic E-state index is 0.288. The van der Waals surface area contributed by atoms with Crippen molar-refractivity contribution in [1.29, 1.82) is 0 Å². The van der Waals surface area contributed by atoms with Crippen LogP contribution in [0.25, 0.3) is 0 Å². The lowest BCUT2D eigenvalue weighted by molar-refractivity contribution is 0.0850. The lowest BCUT2D eigenvalue weighted by atomic mass is 10.1. The molecule has 0 aliphatic rings. The normalized spacial score (nSPS) is 11.6. The van der Waals surface area contributed by atoms with Gasteiger partial charge in [0.05, 0.1) is 24.8 Å². The molecule has 0 fully saturated rings. The minimum Gasteiger partial charge on any atom is -0.496 e. The second-order valence-corrected chi connectivity index (χ2v) is 5.30. The monoisotopic (exact) mass is 287 g/mol. The molecule has 0 saturated carbocycles. The van der Waals surface area contributed by atoms with E-state index < -0.39 is 0 Å². The van der Waals surface area contributed by atoms with Crippen LogP contribution < -0.4 is 10.5 Å². The van der Waals surface area contributed by atoms with Gasteiger partial charge in [0, 0.05) is 5.54 Å². The van der Waals surface area contributed by atoms with E-state index in [1.165, 1.54) is 0 Å². The molecule has 0 aromatic heterocycles. The molecule has 1 rings (SSSR count). The van der Waals surface area contributed by atoms with E-state index in [2.05, 4.69) is 15.9 Å². The second kappa shape index (κ2) is 5.66. The molecule has 1 aromatic rings. The molecule has 0 unspecified atom stereocenters. The van der Waals surface area contributed by atoms with E-state index in [1.807, 2.05) is 32.0 Å². The number of hydrogen-bond donors (Lipinski definition) is 1. The lowest BCUT2D eigenvalue weighted by Gasteiger charge is -2.18. The summed E-state index contributed by atoms with van der Waals surface area (Å²) in [6, 6.07) is 5.88. The van der Waals surface area contributed by atoms with E-state index in [0.29, 0.717) is 13.2 Å². The SMILES string of the molecule is COc1ccc(COCC(C)(C)N)cc1Br. The third kappa shape index (κ3) is 4.51. The molecular formula is C12H18BrNO2. The highest BCUT2D eigenvalue weighted by molar-refractivity contribution is 9.10. The predicted molar refractivity (Wildman–Crippen MR) is 68.6 cm³/mol. The fraction of sp³-hybridized carbons (Fsp3) is 0.500. The fourth-order valence-electron chi connectivity index (χ4n) is 1.23. The van der Waals surface area contributed by atoms with Crippen molar-refractivity contribution in [2.24, 2.45) is 5.73 Å². The van der Waals surface area contributed by atoms with Gasteiger partial charge in [0.15, 0.2) is 0 Å². The van der Waals surface area contributed by atoms with Crippen molar-refractivity contribution in [3.05, 3.63) is 28.2 Å². The Morgan fingerprint density at radius 1 is 1.38 bits per heavy atom. The summed E-state index contributed by atoms with van der Waals surface area (Å²) in [6.45, 7) is 4.98. The minimum atomic E-state index is -0.288. The average Bonchev–Trinajstić information content (AvgIpc) is 2.16. The third-order valence-corrected chi connectivity index (χ3v) is 2.58. The summed E-state index contributed by atoms with van der Waals surface area (Å²) in [6.07, 6.45) is 0. The van der Waals surface area contributed by atoms with Crippen molar-refractivity contribution < 1.29 is 9.47 Å². The summed E-state index contributed by atoms with van der Waals surface area (Å²) < 4.78 is 11.6. The highest BCUT2D eigenvalue weighted by Gasteiger charge is 2.10. The molecule has 0 radical (unpaired) electrons. The number of hydrogen-bond acceptors (Lipinski definition) is 3. The van der Waals surface area contributed by atoms with Crippen LogP contribution in [0.5, 0.6) is 5.75 Å². The summed E-state index contributed by atoms with van der Waals surface area (Å²) in [5, 5.41) is 0. The van der Waals surface area contributed by atoms with Crippen LogP contribution in [0.4, 0.5) is 0 Å². The standard InChI is InChI=1S/C12H18BrNO2/c1-12(2,14)8-16-7-9-4-5-11(15-3)10(13)6-9/h4-6H,7-8,14H2,1-3H3. The van der Waals surface area contributed by atoms with Crippen LogP contribution in [0, 0.1) is 0 Å². The van der Waals surface area contributed by atoms with Gasteiger partial charge in [-0.25, -0.2) is 0 Å². The van der Waals surface area contributed by atoms with E-state index in [-0.39, 0.29) is 5.54 Å². The van der Waals surface area contributed by atoms with Crippen molar-refractivity contribution in [2.75, 3.05) is 13.7 Å². The Balaban J connectivity index is 2.52. The first kappa shape index (κ1) is 13.5. The van der Waals surface area contributed by atoms with Crippen LogP contribution in [0.1, 0.15) is 19.4 Å². The van der Waals surface area contributed by atoms with Crippen LogP contribution in [0.3, 0.4) is 0 Å². The maximum absolute atomic E-state index is 5.82. The molecule has 4 heteroatoms. The largest absolute Gasteiger partial charge is 0.496 e. The van der Waals surface area contributed by atoms with E-state index in [1.54, 1.807) is 7.11 Å². The smallest absolute Gasteiger partial charge is 0.133 e. The summed E-state index contributed by atoms with van der Waals surface area (Å²) in [4.78, 5) is 0. The number of ether oxygens (including phenoxy) is 2. The van der Waals surface area contributed by atoms with Crippen molar-refractivity contribution in [3.63, 3.8) is 0 Å². The highest BCUT2D eigenvalue weighted by atomic mass is 79.9. The Kier molecular flexibility index (Phi) is 4.77. The number of methoxy groups -OCH3 is 1. The number of nitrogens with two attached hydrogens (primary N) is 1. The van der Waals surface area contributed by atoms with Gasteiger partial charge >= 0.3 is 0 Å². The topological polar surface area (TPSA) is 44.5 Å². The van der Waals surface area contributed by atoms with E-state index in [0.717, 1.165) is 15.8 Å². The van der Waals surface area contributed by atoms with E-state index in [9.17, 15) is 0 Å². The first-order valence-electron chi connectivity index (χ1n) is 5.11. The van der Waals surface area contributed by atoms with Gasteiger partial charge in [0.25, 0.3) is 0 Å². The number of rotatable bonds is 5. The van der Waals surface area contributed by atoms with Crippen molar-refractivity contribution in [2.45, 2.75) is 26.0 Å². The molecular weight excluding hydrogens is 270 g/mol. The van der Waals surface area contributed by atoms with E-state index in [4.69, 9.17) is 15.2 Å². The maximum Gasteiger partial charge on any atom is 0.133 e. The molecule has 2 N–H and O–H groups in total. The van der Waals surface area contributed by atoms with Crippen LogP contribution in [0.2, 0.25) is 0 Å². The molecule has 0 aliphatic carbocycles. The summed E-state index contributed by atoms with van der Waals surface area (Å²) >= 11 is 3.43. The van der Waals surface area contributed by atoms with Crippen LogP contribution >= 0.6 is 15.9 Å². The molecule has 0 spiro atoms. The Morgan fingerprint density at radius 2 is 2.06 bits per heavy atom. The Hall–Kier alpha value is -0.580. The lowest BCUT2D eigenvalue weighted by Crippen LogP contribution is -2.37. The molecule has 0 amide bonds. The summed E-state index contributed by atoms with van der Waals surface area (Å²) in [5.41, 5.74) is 6.63. The maximum atomic E-state index is 5.82. The van der Waals surface area contributed by atoms with Crippen molar-refractivity contribution in [1.82, 2.24) is 0 Å². The molecule has 0 bridgehead atoms. The second-order valence-electron chi connectivity index (χ2n) is 4.45. The van der Waals surface area contributed by atoms with Crippen molar-refractivity contribution in [3.8, 4) is 5.75 Å². The van der Waals surface area contributed by atoms with Crippen LogP contribution in [0.15, 0.2) is 22.7 Å². The van der Waals surface area contributed by atoms with Gasteiger partial charge in [0.2, 0.25) is 0 Å². The number of halogens is 1. The highest BCUT2D eigenvalue weighted by Crippen LogP contribution is 2.25. The first-order chi connectivity index (χ1) is 7.42. The van der Waals surface area contributed by atoms with Gasteiger partial charge in [-0.3, -0.25) is 0 Å². The van der Waals surface area contributed by atoms with E-state index >= 15 is 0 Å². The van der Waals surface area contributed by atoms with Gasteiger partial charge in [0.1, 0.15) is 5.75 Å². The summed E-state index contributed by atoms with van der Waals surface area (Å²) in [5.74, 6) is 0.822. The molecule has 90 valence electrons. The van der Waals surface area contributed by atoms with Gasteiger partial charge in [-0.1, -0.05) is 6.07 Å². The quantitative estimate of drug-likeness (QED) is 0.906. The average molecular weight is 288 g/mol. The van der Waals surface area contributed by atoms with Crippen LogP contribution in [-0.2, 0) is 11.3 Å². The molecule has 0 aliphatic heterocycles. The molecule has 0 saturated heterocycles. The number of benzene rings is 1. The van der Waals surface area contributed by atoms with Gasteiger partial charge < -0.3 is 15.2 Å². The predicted octanol–water partition coefficient (Wildman–Crippen LogP) is 2.71. The third-order valence-electron chi connectivity index (χ3n) is 1.96. The molecule has 0 atom stereocenters. The Morgan fingerprint density at radius 3 is 2.56 bits per heavy atom. The summed E-state index contributed by atoms with van der Waals surface area (Å²) in [7, 11) is 1.65. The fourth-order valence-corrected chi connectivity index (χ4v) is 1.82. The Bertz CT molecular complexity index is 347. The zero-order valence-electron chi connectivity index (χ0n) is 9.92. The van der Waals surface area contributed by atoms with Gasteiger partial charge in [-0.2, -0.15) is 0 Å². The van der Waals surface area contributed by atoms with Crippen LogP contribution in [-0.4, -0.2) is 19.3 Å². The zero-order valence-corrected chi connectivity index (χ0v) is 11.5. The molecule has 3 nitrogen and oxygen atoms in total.